The highest BCUT2D eigenvalue weighted by atomic mass is 16.5. The van der Waals surface area contributed by atoms with E-state index in [1.807, 2.05) is 30.3 Å². The summed E-state index contributed by atoms with van der Waals surface area (Å²) < 4.78 is 5.37. The summed E-state index contributed by atoms with van der Waals surface area (Å²) in [5.41, 5.74) is 2.48. The van der Waals surface area contributed by atoms with Crippen molar-refractivity contribution in [2.24, 2.45) is 5.92 Å². The molecule has 0 spiro atoms. The lowest BCUT2D eigenvalue weighted by molar-refractivity contribution is 0.0727. The SMILES string of the molecule is OCCC1CCc2onc(-c3ccccc3)c2C1O. The maximum absolute atomic E-state index is 10.5. The molecule has 2 unspecified atom stereocenters. The standard InChI is InChI=1S/C15H17NO3/c17-9-8-11-6-7-12-13(15(11)18)14(16-19-12)10-4-2-1-3-5-10/h1-5,11,15,17-18H,6-9H2. The van der Waals surface area contributed by atoms with Crippen LogP contribution in [0.4, 0.5) is 0 Å². The van der Waals surface area contributed by atoms with E-state index in [0.717, 1.165) is 35.4 Å². The zero-order chi connectivity index (χ0) is 13.2. The Morgan fingerprint density at radius 3 is 2.79 bits per heavy atom. The summed E-state index contributed by atoms with van der Waals surface area (Å²) >= 11 is 0. The van der Waals surface area contributed by atoms with Gasteiger partial charge in [-0.1, -0.05) is 35.5 Å². The second-order valence-corrected chi connectivity index (χ2v) is 4.99. The molecule has 4 nitrogen and oxygen atoms in total. The topological polar surface area (TPSA) is 66.5 Å². The molecule has 0 saturated carbocycles. The van der Waals surface area contributed by atoms with Crippen molar-refractivity contribution in [2.45, 2.75) is 25.4 Å². The first-order valence-electron chi connectivity index (χ1n) is 6.64. The van der Waals surface area contributed by atoms with E-state index in [1.165, 1.54) is 0 Å². The van der Waals surface area contributed by atoms with Gasteiger partial charge in [0, 0.05) is 18.6 Å². The van der Waals surface area contributed by atoms with Crippen molar-refractivity contribution in [3.8, 4) is 11.3 Å². The number of hydrogen-bond donors (Lipinski definition) is 2. The summed E-state index contributed by atoms with van der Waals surface area (Å²) in [6.45, 7) is 0.100. The molecule has 0 aliphatic heterocycles. The Labute approximate surface area is 111 Å². The summed E-state index contributed by atoms with van der Waals surface area (Å²) in [4.78, 5) is 0. The molecular formula is C15H17NO3. The van der Waals surface area contributed by atoms with Crippen LogP contribution in [-0.2, 0) is 6.42 Å². The molecule has 1 heterocycles. The summed E-state index contributed by atoms with van der Waals surface area (Å²) in [6.07, 6.45) is 1.62. The first-order valence-corrected chi connectivity index (χ1v) is 6.64. The summed E-state index contributed by atoms with van der Waals surface area (Å²) in [5.74, 6) is 0.861. The first kappa shape index (κ1) is 12.4. The van der Waals surface area contributed by atoms with Crippen molar-refractivity contribution in [1.29, 1.82) is 0 Å². The molecule has 0 radical (unpaired) electrons. The molecule has 3 rings (SSSR count). The number of rotatable bonds is 3. The predicted octanol–water partition coefficient (Wildman–Crippen LogP) is 2.32. The number of aliphatic hydroxyl groups excluding tert-OH is 2. The van der Waals surface area contributed by atoms with Gasteiger partial charge < -0.3 is 14.7 Å². The van der Waals surface area contributed by atoms with Crippen molar-refractivity contribution < 1.29 is 14.7 Å². The van der Waals surface area contributed by atoms with Gasteiger partial charge in [0.25, 0.3) is 0 Å². The maximum Gasteiger partial charge on any atom is 0.143 e. The minimum Gasteiger partial charge on any atom is -0.396 e. The molecule has 0 amide bonds. The van der Waals surface area contributed by atoms with E-state index in [0.29, 0.717) is 6.42 Å². The van der Waals surface area contributed by atoms with Crippen LogP contribution in [0.1, 0.15) is 30.3 Å². The highest BCUT2D eigenvalue weighted by molar-refractivity contribution is 5.64. The van der Waals surface area contributed by atoms with Crippen molar-refractivity contribution in [3.05, 3.63) is 41.7 Å². The Morgan fingerprint density at radius 2 is 2.05 bits per heavy atom. The van der Waals surface area contributed by atoms with Crippen molar-refractivity contribution in [2.75, 3.05) is 6.61 Å². The average molecular weight is 259 g/mol. The molecule has 1 aromatic carbocycles. The molecule has 100 valence electrons. The molecule has 0 saturated heterocycles. The number of hydrogen-bond acceptors (Lipinski definition) is 4. The predicted molar refractivity (Wildman–Crippen MR) is 70.4 cm³/mol. The lowest BCUT2D eigenvalue weighted by Crippen LogP contribution is -2.21. The van der Waals surface area contributed by atoms with Gasteiger partial charge in [0.15, 0.2) is 0 Å². The van der Waals surface area contributed by atoms with E-state index in [2.05, 4.69) is 5.16 Å². The number of nitrogens with zero attached hydrogens (tertiary/aromatic N) is 1. The van der Waals surface area contributed by atoms with Gasteiger partial charge in [-0.25, -0.2) is 0 Å². The van der Waals surface area contributed by atoms with Crippen LogP contribution in [0, 0.1) is 5.92 Å². The average Bonchev–Trinajstić information content (AvgIpc) is 2.88. The fourth-order valence-corrected chi connectivity index (χ4v) is 2.80. The van der Waals surface area contributed by atoms with Crippen LogP contribution in [0.2, 0.25) is 0 Å². The Hall–Kier alpha value is -1.65. The van der Waals surface area contributed by atoms with Crippen molar-refractivity contribution >= 4 is 0 Å². The van der Waals surface area contributed by atoms with Gasteiger partial charge in [-0.3, -0.25) is 0 Å². The van der Waals surface area contributed by atoms with E-state index >= 15 is 0 Å². The van der Waals surface area contributed by atoms with E-state index in [4.69, 9.17) is 9.63 Å². The Bertz CT molecular complexity index is 550. The van der Waals surface area contributed by atoms with E-state index in [-0.39, 0.29) is 12.5 Å². The summed E-state index contributed by atoms with van der Waals surface area (Å²) in [6, 6.07) is 9.75. The zero-order valence-corrected chi connectivity index (χ0v) is 10.6. The molecule has 1 aromatic heterocycles. The number of aliphatic hydroxyl groups is 2. The van der Waals surface area contributed by atoms with E-state index < -0.39 is 6.10 Å². The van der Waals surface area contributed by atoms with Gasteiger partial charge >= 0.3 is 0 Å². The van der Waals surface area contributed by atoms with Crippen LogP contribution >= 0.6 is 0 Å². The molecule has 0 fully saturated rings. The number of fused-ring (bicyclic) bond motifs is 1. The van der Waals surface area contributed by atoms with Gasteiger partial charge in [-0.2, -0.15) is 0 Å². The molecule has 19 heavy (non-hydrogen) atoms. The molecule has 1 aliphatic carbocycles. The number of aryl methyl sites for hydroxylation is 1. The lowest BCUT2D eigenvalue weighted by Gasteiger charge is -2.26. The maximum atomic E-state index is 10.5. The van der Waals surface area contributed by atoms with Gasteiger partial charge in [0.1, 0.15) is 11.5 Å². The highest BCUT2D eigenvalue weighted by Crippen LogP contribution is 2.41. The Morgan fingerprint density at radius 1 is 1.26 bits per heavy atom. The Balaban J connectivity index is 2.00. The number of aromatic nitrogens is 1. The second-order valence-electron chi connectivity index (χ2n) is 4.99. The van der Waals surface area contributed by atoms with Crippen LogP contribution < -0.4 is 0 Å². The molecular weight excluding hydrogens is 242 g/mol. The molecule has 2 atom stereocenters. The Kier molecular flexibility index (Phi) is 3.36. The van der Waals surface area contributed by atoms with Crippen molar-refractivity contribution in [1.82, 2.24) is 5.16 Å². The third-order valence-corrected chi connectivity index (χ3v) is 3.83. The van der Waals surface area contributed by atoms with Gasteiger partial charge in [-0.05, 0) is 18.8 Å². The molecule has 2 N–H and O–H groups in total. The van der Waals surface area contributed by atoms with E-state index in [1.54, 1.807) is 0 Å². The van der Waals surface area contributed by atoms with Gasteiger partial charge in [0.2, 0.25) is 0 Å². The van der Waals surface area contributed by atoms with Gasteiger partial charge in [-0.15, -0.1) is 0 Å². The monoisotopic (exact) mass is 259 g/mol. The minimum absolute atomic E-state index is 0.0827. The molecule has 2 aromatic rings. The first-order chi connectivity index (χ1) is 9.31. The van der Waals surface area contributed by atoms with Crippen LogP contribution in [0.25, 0.3) is 11.3 Å². The highest BCUT2D eigenvalue weighted by Gasteiger charge is 2.33. The van der Waals surface area contributed by atoms with Crippen LogP contribution in [0.15, 0.2) is 34.9 Å². The van der Waals surface area contributed by atoms with Crippen LogP contribution in [0.3, 0.4) is 0 Å². The molecule has 0 bridgehead atoms. The quantitative estimate of drug-likeness (QED) is 0.887. The zero-order valence-electron chi connectivity index (χ0n) is 10.6. The summed E-state index contributed by atoms with van der Waals surface area (Å²) in [7, 11) is 0. The lowest BCUT2D eigenvalue weighted by atomic mass is 9.81. The third kappa shape index (κ3) is 2.17. The fraction of sp³-hybridized carbons (Fsp3) is 0.400. The third-order valence-electron chi connectivity index (χ3n) is 3.83. The van der Waals surface area contributed by atoms with Gasteiger partial charge in [0.05, 0.1) is 11.7 Å². The molecule has 1 aliphatic rings. The van der Waals surface area contributed by atoms with E-state index in [9.17, 15) is 5.11 Å². The molecule has 4 heteroatoms. The minimum atomic E-state index is -0.600. The number of benzene rings is 1. The largest absolute Gasteiger partial charge is 0.396 e. The van der Waals surface area contributed by atoms with Crippen LogP contribution in [-0.4, -0.2) is 22.0 Å². The normalized spacial score (nSPS) is 22.2. The second kappa shape index (κ2) is 5.15. The smallest absolute Gasteiger partial charge is 0.143 e. The fourth-order valence-electron chi connectivity index (χ4n) is 2.80. The van der Waals surface area contributed by atoms with Crippen LogP contribution in [0.5, 0.6) is 0 Å². The summed E-state index contributed by atoms with van der Waals surface area (Å²) in [5, 5.41) is 23.7. The van der Waals surface area contributed by atoms with Crippen molar-refractivity contribution in [3.63, 3.8) is 0 Å².